The van der Waals surface area contributed by atoms with Crippen molar-refractivity contribution in [3.63, 3.8) is 0 Å². The van der Waals surface area contributed by atoms with E-state index in [1.165, 1.54) is 13.8 Å². The largest absolute Gasteiger partial charge is 0.336 e. The summed E-state index contributed by atoms with van der Waals surface area (Å²) in [6.45, 7) is 4.35. The Morgan fingerprint density at radius 3 is 2.06 bits per heavy atom. The fraction of sp³-hybridized carbons (Fsp3) is 0.889. The van der Waals surface area contributed by atoms with Crippen molar-refractivity contribution in [1.29, 1.82) is 0 Å². The molecule has 0 amide bonds. The van der Waals surface area contributed by atoms with E-state index in [1.54, 1.807) is 6.92 Å². The van der Waals surface area contributed by atoms with Crippen molar-refractivity contribution in [1.82, 2.24) is 0 Å². The maximum Gasteiger partial charge on any atom is 0.159 e. The predicted molar refractivity (Wildman–Crippen MR) is 70.3 cm³/mol. The van der Waals surface area contributed by atoms with Crippen molar-refractivity contribution in [2.45, 2.75) is 41.6 Å². The number of halogens is 5. The van der Waals surface area contributed by atoms with Gasteiger partial charge in [-0.05, 0) is 20.8 Å². The molecule has 0 aliphatic heterocycles. The van der Waals surface area contributed by atoms with Crippen molar-refractivity contribution < 1.29 is 9.53 Å². The highest BCUT2D eigenvalue weighted by molar-refractivity contribution is 6.41. The lowest BCUT2D eigenvalue weighted by Crippen LogP contribution is -2.46. The second-order valence-electron chi connectivity index (χ2n) is 3.74. The summed E-state index contributed by atoms with van der Waals surface area (Å²) in [6.07, 6.45) is 0. The molecule has 4 unspecified atom stereocenters. The minimum atomic E-state index is -1.38. The molecule has 0 aromatic heterocycles. The third-order valence-corrected chi connectivity index (χ3v) is 4.43. The Morgan fingerprint density at radius 2 is 1.75 bits per heavy atom. The Bertz CT molecular complexity index is 254. The summed E-state index contributed by atoms with van der Waals surface area (Å²) in [7, 11) is 0. The molecule has 2 nitrogen and oxygen atoms in total. The van der Waals surface area contributed by atoms with Crippen LogP contribution in [0.3, 0.4) is 0 Å². The van der Waals surface area contributed by atoms with E-state index in [1.807, 2.05) is 0 Å². The van der Waals surface area contributed by atoms with Crippen molar-refractivity contribution in [2.75, 3.05) is 5.88 Å². The molecule has 0 aliphatic rings. The summed E-state index contributed by atoms with van der Waals surface area (Å²) in [5.74, 6) is -0.271. The quantitative estimate of drug-likeness (QED) is 0.689. The van der Waals surface area contributed by atoms with E-state index >= 15 is 0 Å². The van der Waals surface area contributed by atoms with Gasteiger partial charge < -0.3 is 4.74 Å². The SMILES string of the molecule is CC(=O)C(Cl)C(Cl)C(C)(Cl)OC(C)(Cl)CCl. The van der Waals surface area contributed by atoms with Crippen LogP contribution in [0.5, 0.6) is 0 Å². The van der Waals surface area contributed by atoms with Gasteiger partial charge in [0.2, 0.25) is 0 Å². The molecular weight excluding hydrogens is 317 g/mol. The topological polar surface area (TPSA) is 26.3 Å². The average Bonchev–Trinajstić information content (AvgIpc) is 2.13. The van der Waals surface area contributed by atoms with Crippen LogP contribution < -0.4 is 0 Å². The first-order chi connectivity index (χ1) is 7.03. The summed E-state index contributed by atoms with van der Waals surface area (Å²) < 4.78 is 5.34. The number of ketones is 1. The zero-order valence-corrected chi connectivity index (χ0v) is 12.8. The second-order valence-corrected chi connectivity index (χ2v) is 6.50. The van der Waals surface area contributed by atoms with Gasteiger partial charge in [-0.1, -0.05) is 23.2 Å². The summed E-state index contributed by atoms with van der Waals surface area (Å²) in [4.78, 5) is 11.1. The Hall–Kier alpha value is 1.08. The molecule has 0 spiro atoms. The molecule has 7 heteroatoms. The molecule has 4 atom stereocenters. The number of carbonyl (C=O) groups is 1. The highest BCUT2D eigenvalue weighted by Crippen LogP contribution is 2.36. The van der Waals surface area contributed by atoms with Crippen LogP contribution in [0.1, 0.15) is 20.8 Å². The van der Waals surface area contributed by atoms with Gasteiger partial charge in [0, 0.05) is 0 Å². The molecule has 0 fully saturated rings. The maximum absolute atomic E-state index is 11.1. The van der Waals surface area contributed by atoms with E-state index < -0.39 is 20.9 Å². The lowest BCUT2D eigenvalue weighted by molar-refractivity contribution is -0.118. The Labute approximate surface area is 120 Å². The lowest BCUT2D eigenvalue weighted by atomic mass is 10.1. The third kappa shape index (κ3) is 5.16. The summed E-state index contributed by atoms with van der Waals surface area (Å²) in [5, 5.41) is -4.43. The summed E-state index contributed by atoms with van der Waals surface area (Å²) >= 11 is 29.3. The number of carbonyl (C=O) groups excluding carboxylic acids is 1. The van der Waals surface area contributed by atoms with Crippen molar-refractivity contribution >= 4 is 63.8 Å². The smallest absolute Gasteiger partial charge is 0.159 e. The van der Waals surface area contributed by atoms with E-state index in [2.05, 4.69) is 0 Å². The fourth-order valence-corrected chi connectivity index (χ4v) is 2.04. The molecule has 0 aliphatic carbocycles. The third-order valence-electron chi connectivity index (χ3n) is 1.79. The molecule has 0 heterocycles. The Balaban J connectivity index is 4.72. The Kier molecular flexibility index (Phi) is 6.73. The highest BCUT2D eigenvalue weighted by Gasteiger charge is 2.43. The normalized spacial score (nSPS) is 23.0. The highest BCUT2D eigenvalue weighted by atomic mass is 35.5. The van der Waals surface area contributed by atoms with Crippen LogP contribution in [0.2, 0.25) is 0 Å². The number of hydrogen-bond donors (Lipinski definition) is 0. The van der Waals surface area contributed by atoms with E-state index in [0.29, 0.717) is 0 Å². The monoisotopic (exact) mass is 328 g/mol. The standard InChI is InChI=1S/C9H13Cl5O2/c1-5(15)6(11)7(12)9(3,14)16-8(2,13)4-10/h6-7H,4H2,1-3H3. The number of alkyl halides is 5. The van der Waals surface area contributed by atoms with Crippen LogP contribution in [0.25, 0.3) is 0 Å². The number of Topliss-reactive ketones (excluding diaryl/α,β-unsaturated/α-hetero) is 1. The predicted octanol–water partition coefficient (Wildman–Crippen LogP) is 3.96. The van der Waals surface area contributed by atoms with Crippen molar-refractivity contribution in [2.24, 2.45) is 0 Å². The van der Waals surface area contributed by atoms with Crippen LogP contribution >= 0.6 is 58.0 Å². The Morgan fingerprint density at radius 1 is 1.31 bits per heavy atom. The van der Waals surface area contributed by atoms with Gasteiger partial charge in [-0.2, -0.15) is 0 Å². The molecule has 16 heavy (non-hydrogen) atoms. The summed E-state index contributed by atoms with van der Waals surface area (Å²) in [6, 6.07) is 0. The first kappa shape index (κ1) is 17.1. The zero-order valence-electron chi connectivity index (χ0n) is 9.07. The molecular formula is C9H13Cl5O2. The van der Waals surface area contributed by atoms with Crippen LogP contribution in [0, 0.1) is 0 Å². The van der Waals surface area contributed by atoms with Crippen LogP contribution in [0.4, 0.5) is 0 Å². The molecule has 0 aromatic rings. The zero-order chi connectivity index (χ0) is 13.1. The van der Waals surface area contributed by atoms with Gasteiger partial charge in [-0.25, -0.2) is 0 Å². The molecule has 0 saturated carbocycles. The van der Waals surface area contributed by atoms with Gasteiger partial charge in [-0.3, -0.25) is 4.79 Å². The van der Waals surface area contributed by atoms with Crippen molar-refractivity contribution in [3.05, 3.63) is 0 Å². The number of ether oxygens (including phenoxy) is 1. The van der Waals surface area contributed by atoms with Gasteiger partial charge >= 0.3 is 0 Å². The molecule has 0 radical (unpaired) electrons. The van der Waals surface area contributed by atoms with Gasteiger partial charge in [0.1, 0.15) is 11.2 Å². The summed E-state index contributed by atoms with van der Waals surface area (Å²) in [5.41, 5.74) is 0. The minimum Gasteiger partial charge on any atom is -0.336 e. The molecule has 96 valence electrons. The molecule has 0 bridgehead atoms. The van der Waals surface area contributed by atoms with Gasteiger partial charge in [0.15, 0.2) is 10.1 Å². The minimum absolute atomic E-state index is 0.0213. The number of rotatable bonds is 6. The van der Waals surface area contributed by atoms with Crippen LogP contribution in [0.15, 0.2) is 0 Å². The second kappa shape index (κ2) is 6.31. The van der Waals surface area contributed by atoms with E-state index in [4.69, 9.17) is 62.7 Å². The van der Waals surface area contributed by atoms with Crippen LogP contribution in [-0.4, -0.2) is 32.5 Å². The first-order valence-electron chi connectivity index (χ1n) is 4.46. The van der Waals surface area contributed by atoms with Gasteiger partial charge in [0.05, 0.1) is 11.3 Å². The first-order valence-corrected chi connectivity index (χ1v) is 6.62. The molecule has 0 rings (SSSR count). The molecule has 0 N–H and O–H groups in total. The van der Waals surface area contributed by atoms with E-state index in [0.717, 1.165) is 0 Å². The van der Waals surface area contributed by atoms with Gasteiger partial charge in [-0.15, -0.1) is 34.8 Å². The van der Waals surface area contributed by atoms with E-state index in [-0.39, 0.29) is 11.7 Å². The van der Waals surface area contributed by atoms with Gasteiger partial charge in [0.25, 0.3) is 0 Å². The molecule has 0 aromatic carbocycles. The van der Waals surface area contributed by atoms with E-state index in [9.17, 15) is 4.79 Å². The van der Waals surface area contributed by atoms with Crippen molar-refractivity contribution in [3.8, 4) is 0 Å². The maximum atomic E-state index is 11.1. The fourth-order valence-electron chi connectivity index (χ4n) is 0.967. The average molecular weight is 330 g/mol. The lowest BCUT2D eigenvalue weighted by Gasteiger charge is -2.35. The molecule has 0 saturated heterocycles. The van der Waals surface area contributed by atoms with Crippen LogP contribution in [-0.2, 0) is 9.53 Å². The number of hydrogen-bond acceptors (Lipinski definition) is 2.